The molecule has 0 saturated heterocycles. The molecule has 1 atom stereocenters. The molecule has 1 aromatic heterocycles. The Morgan fingerprint density at radius 2 is 1.94 bits per heavy atom. The van der Waals surface area contributed by atoms with Crippen molar-refractivity contribution < 1.29 is 0 Å². The van der Waals surface area contributed by atoms with Crippen molar-refractivity contribution in [3.05, 3.63) is 17.6 Å². The number of nitrogens with zero attached hydrogens (tertiary/aromatic N) is 2. The Kier molecular flexibility index (Phi) is 4.46. The van der Waals surface area contributed by atoms with Gasteiger partial charge in [-0.25, -0.2) is 9.97 Å². The molecule has 0 aliphatic rings. The van der Waals surface area contributed by atoms with Crippen LogP contribution in [-0.2, 0) is 0 Å². The number of hydrogen-bond donors (Lipinski definition) is 2. The molecule has 0 bridgehead atoms. The molecular formula is C13H24N4. The van der Waals surface area contributed by atoms with Gasteiger partial charge in [0.15, 0.2) is 0 Å². The Labute approximate surface area is 104 Å². The molecule has 0 aromatic carbocycles. The van der Waals surface area contributed by atoms with Crippen LogP contribution >= 0.6 is 0 Å². The van der Waals surface area contributed by atoms with Gasteiger partial charge in [0.1, 0.15) is 11.6 Å². The maximum atomic E-state index is 6.08. The summed E-state index contributed by atoms with van der Waals surface area (Å²) in [7, 11) is 0. The fourth-order valence-electron chi connectivity index (χ4n) is 1.90. The average molecular weight is 236 g/mol. The molecule has 0 amide bonds. The zero-order valence-corrected chi connectivity index (χ0v) is 11.5. The molecule has 1 rings (SSSR count). The van der Waals surface area contributed by atoms with Crippen LogP contribution in [0.1, 0.15) is 38.7 Å². The summed E-state index contributed by atoms with van der Waals surface area (Å²) in [5.74, 6) is 1.65. The number of aryl methyl sites for hydroxylation is 2. The number of rotatable bonds is 4. The molecule has 96 valence electrons. The summed E-state index contributed by atoms with van der Waals surface area (Å²) in [5, 5.41) is 3.27. The summed E-state index contributed by atoms with van der Waals surface area (Å²) in [6.07, 6.45) is 0.989. The van der Waals surface area contributed by atoms with Crippen LogP contribution in [0.3, 0.4) is 0 Å². The van der Waals surface area contributed by atoms with Gasteiger partial charge in [-0.15, -0.1) is 0 Å². The summed E-state index contributed by atoms with van der Waals surface area (Å²) < 4.78 is 0. The molecule has 1 heterocycles. The molecule has 0 aliphatic carbocycles. The molecule has 4 nitrogen and oxygen atoms in total. The van der Waals surface area contributed by atoms with Crippen molar-refractivity contribution in [2.24, 2.45) is 11.1 Å². The van der Waals surface area contributed by atoms with Crippen LogP contribution in [0, 0.1) is 19.3 Å². The highest BCUT2D eigenvalue weighted by Crippen LogP contribution is 2.20. The highest BCUT2D eigenvalue weighted by molar-refractivity contribution is 5.35. The molecule has 0 spiro atoms. The molecular weight excluding hydrogens is 212 g/mol. The lowest BCUT2D eigenvalue weighted by atomic mass is 9.88. The van der Waals surface area contributed by atoms with E-state index >= 15 is 0 Å². The van der Waals surface area contributed by atoms with Crippen LogP contribution in [-0.4, -0.2) is 22.6 Å². The van der Waals surface area contributed by atoms with E-state index in [1.54, 1.807) is 0 Å². The van der Waals surface area contributed by atoms with Crippen molar-refractivity contribution in [1.29, 1.82) is 0 Å². The predicted octanol–water partition coefficient (Wildman–Crippen LogP) is 2.27. The second-order valence-electron chi connectivity index (χ2n) is 5.85. The Morgan fingerprint density at radius 3 is 2.47 bits per heavy atom. The van der Waals surface area contributed by atoms with Crippen LogP contribution < -0.4 is 11.1 Å². The third-order valence-corrected chi connectivity index (χ3v) is 2.39. The van der Waals surface area contributed by atoms with Crippen molar-refractivity contribution in [2.45, 2.75) is 47.1 Å². The molecule has 3 N–H and O–H groups in total. The minimum Gasteiger partial charge on any atom is -0.368 e. The van der Waals surface area contributed by atoms with E-state index in [4.69, 9.17) is 5.73 Å². The Bertz CT molecular complexity index is 348. The van der Waals surface area contributed by atoms with Crippen LogP contribution in [0.2, 0.25) is 0 Å². The van der Waals surface area contributed by atoms with Gasteiger partial charge in [0, 0.05) is 24.3 Å². The van der Waals surface area contributed by atoms with Crippen molar-refractivity contribution in [3.8, 4) is 0 Å². The van der Waals surface area contributed by atoms with Gasteiger partial charge in [-0.05, 0) is 25.7 Å². The lowest BCUT2D eigenvalue weighted by molar-refractivity contribution is 0.344. The van der Waals surface area contributed by atoms with E-state index in [-0.39, 0.29) is 11.5 Å². The fraction of sp³-hybridized carbons (Fsp3) is 0.692. The summed E-state index contributed by atoms with van der Waals surface area (Å²) >= 11 is 0. The SMILES string of the molecule is Cc1cc(NCC(N)CC(C)(C)C)nc(C)n1. The standard InChI is InChI=1S/C13H24N4/c1-9-6-12(17-10(2)16-9)15-8-11(14)7-13(3,4)5/h6,11H,7-8,14H2,1-5H3,(H,15,16,17). The first-order valence-electron chi connectivity index (χ1n) is 6.08. The number of nitrogens with two attached hydrogens (primary N) is 1. The highest BCUT2D eigenvalue weighted by Gasteiger charge is 2.15. The quantitative estimate of drug-likeness (QED) is 0.841. The zero-order chi connectivity index (χ0) is 13.1. The smallest absolute Gasteiger partial charge is 0.129 e. The van der Waals surface area contributed by atoms with E-state index in [9.17, 15) is 0 Å². The van der Waals surface area contributed by atoms with Gasteiger partial charge >= 0.3 is 0 Å². The highest BCUT2D eigenvalue weighted by atomic mass is 15.0. The van der Waals surface area contributed by atoms with E-state index in [0.717, 1.165) is 30.3 Å². The first kappa shape index (κ1) is 13.9. The first-order chi connectivity index (χ1) is 7.76. The predicted molar refractivity (Wildman–Crippen MR) is 72.0 cm³/mol. The van der Waals surface area contributed by atoms with Crippen LogP contribution in [0.5, 0.6) is 0 Å². The van der Waals surface area contributed by atoms with Crippen LogP contribution in [0.15, 0.2) is 6.07 Å². The van der Waals surface area contributed by atoms with Gasteiger partial charge in [-0.2, -0.15) is 0 Å². The molecule has 0 saturated carbocycles. The second-order valence-corrected chi connectivity index (χ2v) is 5.85. The lowest BCUT2D eigenvalue weighted by Gasteiger charge is -2.23. The van der Waals surface area contributed by atoms with E-state index in [2.05, 4.69) is 36.1 Å². The Hall–Kier alpha value is -1.16. The topological polar surface area (TPSA) is 63.8 Å². The maximum Gasteiger partial charge on any atom is 0.129 e. The maximum absolute atomic E-state index is 6.08. The minimum atomic E-state index is 0.144. The van der Waals surface area contributed by atoms with Crippen molar-refractivity contribution in [2.75, 3.05) is 11.9 Å². The van der Waals surface area contributed by atoms with E-state index < -0.39 is 0 Å². The summed E-state index contributed by atoms with van der Waals surface area (Å²) in [6.45, 7) is 11.2. The van der Waals surface area contributed by atoms with E-state index in [1.807, 2.05) is 19.9 Å². The van der Waals surface area contributed by atoms with Crippen molar-refractivity contribution in [1.82, 2.24) is 9.97 Å². The number of nitrogens with one attached hydrogen (secondary N) is 1. The van der Waals surface area contributed by atoms with Gasteiger partial charge in [0.05, 0.1) is 0 Å². The van der Waals surface area contributed by atoms with Crippen molar-refractivity contribution >= 4 is 5.82 Å². The Balaban J connectivity index is 2.50. The molecule has 0 radical (unpaired) electrons. The van der Waals surface area contributed by atoms with E-state index in [1.165, 1.54) is 0 Å². The van der Waals surface area contributed by atoms with Gasteiger partial charge in [-0.3, -0.25) is 0 Å². The molecule has 17 heavy (non-hydrogen) atoms. The van der Waals surface area contributed by atoms with Gasteiger partial charge in [0.25, 0.3) is 0 Å². The molecule has 1 unspecified atom stereocenters. The second kappa shape index (κ2) is 5.45. The van der Waals surface area contributed by atoms with Crippen LogP contribution in [0.25, 0.3) is 0 Å². The lowest BCUT2D eigenvalue weighted by Crippen LogP contribution is -2.33. The average Bonchev–Trinajstić information content (AvgIpc) is 2.10. The van der Waals surface area contributed by atoms with Gasteiger partial charge in [-0.1, -0.05) is 20.8 Å². The summed E-state index contributed by atoms with van der Waals surface area (Å²) in [5.41, 5.74) is 7.32. The fourth-order valence-corrected chi connectivity index (χ4v) is 1.90. The molecule has 1 aromatic rings. The van der Waals surface area contributed by atoms with Crippen LogP contribution in [0.4, 0.5) is 5.82 Å². The Morgan fingerprint density at radius 1 is 1.29 bits per heavy atom. The number of hydrogen-bond acceptors (Lipinski definition) is 4. The summed E-state index contributed by atoms with van der Waals surface area (Å²) in [4.78, 5) is 8.56. The van der Waals surface area contributed by atoms with E-state index in [0.29, 0.717) is 0 Å². The van der Waals surface area contributed by atoms with Gasteiger partial charge < -0.3 is 11.1 Å². The first-order valence-corrected chi connectivity index (χ1v) is 6.08. The molecule has 4 heteroatoms. The largest absolute Gasteiger partial charge is 0.368 e. The zero-order valence-electron chi connectivity index (χ0n) is 11.5. The minimum absolute atomic E-state index is 0.144. The molecule has 0 fully saturated rings. The summed E-state index contributed by atoms with van der Waals surface area (Å²) in [6, 6.07) is 2.09. The normalized spacial score (nSPS) is 13.5. The number of aromatic nitrogens is 2. The van der Waals surface area contributed by atoms with Crippen molar-refractivity contribution in [3.63, 3.8) is 0 Å². The third-order valence-electron chi connectivity index (χ3n) is 2.39. The molecule has 0 aliphatic heterocycles. The third kappa shape index (κ3) is 5.63. The monoisotopic (exact) mass is 236 g/mol. The number of anilines is 1. The van der Waals surface area contributed by atoms with Gasteiger partial charge in [0.2, 0.25) is 0 Å².